The van der Waals surface area contributed by atoms with Gasteiger partial charge in [-0.25, -0.2) is 4.98 Å². The van der Waals surface area contributed by atoms with Gasteiger partial charge in [-0.3, -0.25) is 24.5 Å². The van der Waals surface area contributed by atoms with Gasteiger partial charge in [0.25, 0.3) is 11.5 Å². The monoisotopic (exact) mass is 793 g/mol. The number of methoxy groups -OCH3 is 2. The third-order valence-electron chi connectivity index (χ3n) is 12.6. The maximum absolute atomic E-state index is 12.8. The van der Waals surface area contributed by atoms with Crippen LogP contribution in [0.5, 0.6) is 11.5 Å². The van der Waals surface area contributed by atoms with E-state index in [1.165, 1.54) is 6.42 Å². The second kappa shape index (κ2) is 17.0. The van der Waals surface area contributed by atoms with Crippen molar-refractivity contribution in [2.24, 2.45) is 18.4 Å². The van der Waals surface area contributed by atoms with Crippen molar-refractivity contribution in [3.05, 3.63) is 96.6 Å². The Balaban J connectivity index is 0.000000180. The van der Waals surface area contributed by atoms with Gasteiger partial charge in [-0.2, -0.15) is 12.8 Å². The van der Waals surface area contributed by atoms with Crippen LogP contribution in [0.3, 0.4) is 0 Å². The molecule has 2 aromatic carbocycles. The van der Waals surface area contributed by atoms with E-state index in [4.69, 9.17) is 9.47 Å². The van der Waals surface area contributed by atoms with Crippen molar-refractivity contribution in [3.8, 4) is 22.6 Å². The summed E-state index contributed by atoms with van der Waals surface area (Å²) in [5, 5.41) is 3.83. The second-order valence-corrected chi connectivity index (χ2v) is 16.4. The van der Waals surface area contributed by atoms with E-state index in [1.807, 2.05) is 36.5 Å². The number of aromatic nitrogens is 2. The number of ether oxygens (including phenoxy) is 2. The summed E-state index contributed by atoms with van der Waals surface area (Å²) in [4.78, 5) is 62.0. The Kier molecular flexibility index (Phi) is 12.2. The maximum Gasteiger partial charge on any atom is 1.00 e. The molecule has 1 N–H and O–H groups in total. The fourth-order valence-electron chi connectivity index (χ4n) is 8.77. The van der Waals surface area contributed by atoms with Crippen molar-refractivity contribution in [2.75, 3.05) is 63.3 Å². The molecule has 0 saturated carbocycles. The number of amides is 3. The average Bonchev–Trinajstić information content (AvgIpc) is 3.50. The Morgan fingerprint density at radius 1 is 0.915 bits per heavy atom. The summed E-state index contributed by atoms with van der Waals surface area (Å²) >= 11 is 0. The van der Waals surface area contributed by atoms with Gasteiger partial charge in [-0.1, -0.05) is 0 Å². The zero-order chi connectivity index (χ0) is 40.9. The van der Waals surface area contributed by atoms with E-state index in [0.717, 1.165) is 109 Å². The van der Waals surface area contributed by atoms with Crippen LogP contribution in [-0.4, -0.2) is 96.6 Å². The van der Waals surface area contributed by atoms with Crippen LogP contribution in [0.2, 0.25) is 0 Å². The summed E-state index contributed by atoms with van der Waals surface area (Å²) in [5.41, 5.74) is 5.77. The number of likely N-dealkylation sites (tertiary alicyclic amines) is 1. The van der Waals surface area contributed by atoms with Crippen molar-refractivity contribution >= 4 is 40.0 Å². The fourth-order valence-corrected chi connectivity index (χ4v) is 8.77. The molecule has 2 aromatic heterocycles. The number of aryl methyl sites for hydroxylation is 1. The van der Waals surface area contributed by atoms with Gasteiger partial charge in [0.1, 0.15) is 23.4 Å². The number of imide groups is 1. The number of pyridine rings is 2. The molecule has 0 spiro atoms. The van der Waals surface area contributed by atoms with Gasteiger partial charge in [-0.15, -0.1) is 5.92 Å². The number of anilines is 2. The molecule has 0 bridgehead atoms. The molecular weight excluding hydrogens is 741 g/mol. The van der Waals surface area contributed by atoms with Crippen LogP contribution in [0, 0.1) is 32.1 Å². The predicted molar refractivity (Wildman–Crippen MR) is 224 cm³/mol. The van der Waals surface area contributed by atoms with Gasteiger partial charge in [0.2, 0.25) is 11.8 Å². The molecule has 7 heterocycles. The van der Waals surface area contributed by atoms with Gasteiger partial charge < -0.3 is 54.4 Å². The molecule has 59 heavy (non-hydrogen) atoms. The van der Waals surface area contributed by atoms with Crippen LogP contribution < -0.4 is 49.0 Å². The first-order chi connectivity index (χ1) is 27.9. The Hall–Kier alpha value is -4.83. The summed E-state index contributed by atoms with van der Waals surface area (Å²) < 4.78 is 13.2. The molecule has 13 nitrogen and oxygen atoms in total. The molecule has 14 heteroatoms. The van der Waals surface area contributed by atoms with E-state index in [9.17, 15) is 19.2 Å². The first-order valence-corrected chi connectivity index (χ1v) is 20.1. The van der Waals surface area contributed by atoms with Crippen LogP contribution in [0.15, 0.2) is 53.6 Å². The summed E-state index contributed by atoms with van der Waals surface area (Å²) in [5.74, 6) is 2.19. The SMILES string of the molecule is [CH2-]C1CN(Cc2c(OC)cc(-c3cn(C)c(=O)c4cnc(N5CCC5)cc34)cc2OC)C1.[CH2-]CC1(C[CH2-])CN(c2ccc3c(c2)CN(C2CCC(=O)NC2=O)C3=O)C1.[Li+]. The standard InChI is InChI=1S/C25H29N4O3.C20H23N3O3.Li/c1-16-12-28(13-16)15-21-22(31-3)8-17(9-23(21)32-4)20-14-27(2)25(30)19-11-26-24(10-18(19)20)29-6-5-7-29;1-3-20(4-2)11-22(12-20)14-5-6-15-13(9-14)10-23(19(15)26)16-7-8-17(24)21-18(16)25;/h8-11,14,16H,1,5-7,12-13,15H2,2-4H3;5-6,9,16H,1-4,7-8,10-12H2,(H,21,24,25);/q-1;-2;+1. The van der Waals surface area contributed by atoms with Crippen LogP contribution in [0.25, 0.3) is 21.9 Å². The third kappa shape index (κ3) is 7.97. The number of nitrogens with one attached hydrogen (secondary N) is 1. The smallest absolute Gasteiger partial charge is 0.496 e. The Labute approximate surface area is 358 Å². The number of rotatable bonds is 10. The van der Waals surface area contributed by atoms with Crippen LogP contribution >= 0.6 is 0 Å². The summed E-state index contributed by atoms with van der Waals surface area (Å²) in [6, 6.07) is 11.4. The topological polar surface area (TPSA) is 130 Å². The molecule has 4 saturated heterocycles. The molecule has 9 rings (SSSR count). The first-order valence-electron chi connectivity index (χ1n) is 20.1. The van der Waals surface area contributed by atoms with Gasteiger partial charge in [0.05, 0.1) is 25.2 Å². The third-order valence-corrected chi connectivity index (χ3v) is 12.6. The normalized spacial score (nSPS) is 19.8. The molecular formula is C45H52LiN7O6-2. The van der Waals surface area contributed by atoms with E-state index >= 15 is 0 Å². The minimum atomic E-state index is -0.565. The number of nitrogens with zero attached hydrogens (tertiary/aromatic N) is 6. The number of hydrogen-bond donors (Lipinski definition) is 1. The molecule has 5 aliphatic heterocycles. The molecule has 5 aliphatic rings. The van der Waals surface area contributed by atoms with Crippen molar-refractivity contribution in [3.63, 3.8) is 0 Å². The van der Waals surface area contributed by atoms with E-state index < -0.39 is 6.04 Å². The van der Waals surface area contributed by atoms with Gasteiger partial charge in [0.15, 0.2) is 0 Å². The van der Waals surface area contributed by atoms with Gasteiger partial charge >= 0.3 is 18.9 Å². The quantitative estimate of drug-likeness (QED) is 0.144. The molecule has 306 valence electrons. The van der Waals surface area contributed by atoms with Crippen LogP contribution in [-0.2, 0) is 29.7 Å². The first kappa shape index (κ1) is 42.3. The van der Waals surface area contributed by atoms with E-state index in [0.29, 0.717) is 29.8 Å². The zero-order valence-corrected chi connectivity index (χ0v) is 34.7. The van der Waals surface area contributed by atoms with Crippen molar-refractivity contribution < 1.29 is 42.7 Å². The number of carbonyl (C=O) groups excluding carboxylic acids is 3. The number of benzene rings is 2. The Morgan fingerprint density at radius 3 is 2.20 bits per heavy atom. The minimum absolute atomic E-state index is 0. The van der Waals surface area contributed by atoms with E-state index in [2.05, 4.69) is 51.8 Å². The fraction of sp³-hybridized carbons (Fsp3) is 0.422. The average molecular weight is 794 g/mol. The molecule has 1 unspecified atom stereocenters. The summed E-state index contributed by atoms with van der Waals surface area (Å²) in [6.45, 7) is 19.2. The number of piperidine rings is 1. The van der Waals surface area contributed by atoms with Gasteiger partial charge in [-0.05, 0) is 78.9 Å². The maximum atomic E-state index is 12.8. The molecule has 4 fully saturated rings. The number of hydrogen-bond acceptors (Lipinski definition) is 10. The van der Waals surface area contributed by atoms with Crippen molar-refractivity contribution in [1.82, 2.24) is 24.7 Å². The second-order valence-electron chi connectivity index (χ2n) is 16.4. The largest absolute Gasteiger partial charge is 1.00 e. The molecule has 0 radical (unpaired) electrons. The summed E-state index contributed by atoms with van der Waals surface area (Å²) in [7, 11) is 5.15. The number of fused-ring (bicyclic) bond motifs is 2. The van der Waals surface area contributed by atoms with Crippen LogP contribution in [0.1, 0.15) is 53.6 Å². The molecule has 1 atom stereocenters. The zero-order valence-electron chi connectivity index (χ0n) is 34.7. The van der Waals surface area contributed by atoms with Gasteiger partial charge in [0, 0.05) is 87.3 Å². The summed E-state index contributed by atoms with van der Waals surface area (Å²) in [6.07, 6.45) is 7.18. The Morgan fingerprint density at radius 2 is 1.61 bits per heavy atom. The minimum Gasteiger partial charge on any atom is -0.496 e. The molecule has 4 aromatic rings. The number of carbonyl (C=O) groups is 3. The Bertz CT molecular complexity index is 2300. The van der Waals surface area contributed by atoms with E-state index in [1.54, 1.807) is 36.9 Å². The molecule has 3 amide bonds. The molecule has 0 aliphatic carbocycles. The van der Waals surface area contributed by atoms with Crippen molar-refractivity contribution in [2.45, 2.75) is 51.2 Å². The van der Waals surface area contributed by atoms with E-state index in [-0.39, 0.29) is 54.0 Å². The predicted octanol–water partition coefficient (Wildman–Crippen LogP) is 1.80. The van der Waals surface area contributed by atoms with Crippen LogP contribution in [0.4, 0.5) is 11.5 Å². The van der Waals surface area contributed by atoms with Crippen molar-refractivity contribution in [1.29, 1.82) is 0 Å².